The molecule has 0 unspecified atom stereocenters. The van der Waals surface area contributed by atoms with E-state index in [0.717, 1.165) is 6.07 Å². The van der Waals surface area contributed by atoms with Gasteiger partial charge in [-0.2, -0.15) is 17.6 Å². The van der Waals surface area contributed by atoms with Gasteiger partial charge in [0.05, 0.1) is 7.11 Å². The fourth-order valence-corrected chi connectivity index (χ4v) is 3.07. The van der Waals surface area contributed by atoms with E-state index in [1.165, 1.54) is 55.9 Å². The van der Waals surface area contributed by atoms with Crippen LogP contribution in [0.15, 0.2) is 101 Å². The van der Waals surface area contributed by atoms with Crippen molar-refractivity contribution in [3.63, 3.8) is 0 Å². The number of hydrogen-bond acceptors (Lipinski definition) is 8. The monoisotopic (exact) mass is 553 g/mol. The van der Waals surface area contributed by atoms with Crippen LogP contribution in [0.2, 0.25) is 0 Å². The maximum atomic E-state index is 13.6. The van der Waals surface area contributed by atoms with Crippen molar-refractivity contribution in [3.05, 3.63) is 102 Å². The van der Waals surface area contributed by atoms with Crippen LogP contribution in [0, 0.1) is 5.95 Å². The van der Waals surface area contributed by atoms with Crippen molar-refractivity contribution >= 4 is 29.5 Å². The van der Waals surface area contributed by atoms with Gasteiger partial charge in [0.1, 0.15) is 5.71 Å². The molecule has 206 valence electrons. The Morgan fingerprint density at radius 2 is 1.90 bits per heavy atom. The van der Waals surface area contributed by atoms with Gasteiger partial charge in [-0.05, 0) is 61.0 Å². The van der Waals surface area contributed by atoms with Gasteiger partial charge in [0.25, 0.3) is 5.91 Å². The molecule has 0 radical (unpaired) electrons. The number of nitrogens with zero attached hydrogens (tertiary/aromatic N) is 5. The lowest BCUT2D eigenvalue weighted by atomic mass is 10.0. The molecule has 9 nitrogen and oxygen atoms in total. The van der Waals surface area contributed by atoms with Gasteiger partial charge < -0.3 is 15.8 Å². The van der Waals surface area contributed by atoms with E-state index in [0.29, 0.717) is 17.2 Å². The van der Waals surface area contributed by atoms with Crippen molar-refractivity contribution in [2.75, 3.05) is 12.4 Å². The van der Waals surface area contributed by atoms with Crippen LogP contribution >= 0.6 is 0 Å². The van der Waals surface area contributed by atoms with Crippen molar-refractivity contribution in [3.8, 4) is 11.1 Å². The number of ether oxygens (including phenoxy) is 1. The highest BCUT2D eigenvalue weighted by molar-refractivity contribution is 6.04. The number of anilines is 1. The summed E-state index contributed by atoms with van der Waals surface area (Å²) < 4.78 is 58.7. The number of methoxy groups -OCH3 is 1. The lowest BCUT2D eigenvalue weighted by Gasteiger charge is -2.08. The largest absolute Gasteiger partial charge is 0.481 e. The smallest absolute Gasteiger partial charge is 0.433 e. The predicted molar refractivity (Wildman–Crippen MR) is 143 cm³/mol. The number of hydrogen-bond donors (Lipinski definition) is 2. The predicted octanol–water partition coefficient (Wildman–Crippen LogP) is 5.54. The Hall–Kier alpha value is -5.20. The molecule has 0 bridgehead atoms. The maximum absolute atomic E-state index is 13.6. The molecule has 0 aliphatic heterocycles. The minimum absolute atomic E-state index is 0.0141. The molecule has 1 aromatic carbocycles. The Balaban J connectivity index is 1.75. The molecule has 0 spiro atoms. The van der Waals surface area contributed by atoms with E-state index in [2.05, 4.69) is 30.5 Å². The second-order valence-corrected chi connectivity index (χ2v) is 7.78. The van der Waals surface area contributed by atoms with Crippen LogP contribution in [0.25, 0.3) is 11.1 Å². The number of aliphatic imine (C=N–C) groups is 2. The highest BCUT2D eigenvalue weighted by atomic mass is 19.4. The van der Waals surface area contributed by atoms with Crippen LogP contribution < -0.4 is 11.1 Å². The lowest BCUT2D eigenvalue weighted by molar-refractivity contribution is -0.0576. The molecule has 40 heavy (non-hydrogen) atoms. The molecular formula is C27H23F4N7O2. The molecule has 2 heterocycles. The average molecular weight is 554 g/mol. The minimum Gasteiger partial charge on any atom is -0.481 e. The standard InChI is InChI=1S/C27H23F4N7O2/c1-3-33-25(40-2)9-5-8-20(32)15-21(27(29,30)31)35-23-12-13-24(38-37-23)36-26(39)18-7-4-6-17(14-18)19-10-11-22(28)34-16-19/h3-16H,32H2,1-2H3,(H,36,38,39)/b8-5+,20-15?,25-9+,33-3?,35-21?. The van der Waals surface area contributed by atoms with Gasteiger partial charge in [-0.1, -0.05) is 18.2 Å². The van der Waals surface area contributed by atoms with E-state index >= 15 is 0 Å². The second-order valence-electron chi connectivity index (χ2n) is 7.78. The number of alkyl halides is 3. The third kappa shape index (κ3) is 8.68. The number of nitrogens with two attached hydrogens (primary N) is 1. The summed E-state index contributed by atoms with van der Waals surface area (Å²) in [5.41, 5.74) is 5.64. The number of amides is 1. The van der Waals surface area contributed by atoms with Gasteiger partial charge in [-0.3, -0.25) is 4.79 Å². The van der Waals surface area contributed by atoms with Gasteiger partial charge in [-0.25, -0.2) is 15.0 Å². The second kappa shape index (κ2) is 13.6. The van der Waals surface area contributed by atoms with Gasteiger partial charge in [0.2, 0.25) is 11.8 Å². The summed E-state index contributed by atoms with van der Waals surface area (Å²) in [6.45, 7) is 1.67. The highest BCUT2D eigenvalue weighted by Crippen LogP contribution is 2.23. The quantitative estimate of drug-likeness (QED) is 0.118. The number of carbonyl (C=O) groups excluding carboxylic acids is 1. The Kier molecular flexibility index (Phi) is 9.95. The molecule has 3 rings (SSSR count). The maximum Gasteiger partial charge on any atom is 0.433 e. The summed E-state index contributed by atoms with van der Waals surface area (Å²) in [7, 11) is 1.39. The van der Waals surface area contributed by atoms with E-state index in [1.807, 2.05) is 0 Å². The van der Waals surface area contributed by atoms with Crippen LogP contribution in [0.5, 0.6) is 0 Å². The number of carbonyl (C=O) groups is 1. The summed E-state index contributed by atoms with van der Waals surface area (Å²) in [4.78, 5) is 23.7. The summed E-state index contributed by atoms with van der Waals surface area (Å²) in [6.07, 6.45) is 2.63. The van der Waals surface area contributed by atoms with E-state index in [4.69, 9.17) is 10.5 Å². The molecule has 3 aromatic rings. The molecule has 0 saturated carbocycles. The molecule has 0 saturated heterocycles. The SMILES string of the molecule is CC=N/C(=C\C=C\C(N)=CC(=Nc1ccc(NC(=O)c2cccc(-c3ccc(F)nc3)c2)nn1)C(F)(F)F)OC. The van der Waals surface area contributed by atoms with E-state index in [1.54, 1.807) is 31.2 Å². The molecule has 13 heteroatoms. The van der Waals surface area contributed by atoms with Crippen LogP contribution in [0.4, 0.5) is 29.2 Å². The van der Waals surface area contributed by atoms with Gasteiger partial charge in [0.15, 0.2) is 11.6 Å². The van der Waals surface area contributed by atoms with Crippen molar-refractivity contribution in [1.29, 1.82) is 0 Å². The average Bonchev–Trinajstić information content (AvgIpc) is 2.93. The first-order valence-corrected chi connectivity index (χ1v) is 11.5. The normalized spacial score (nSPS) is 13.2. The van der Waals surface area contributed by atoms with E-state index < -0.39 is 23.7 Å². The number of nitrogens with one attached hydrogen (secondary N) is 1. The molecule has 0 atom stereocenters. The van der Waals surface area contributed by atoms with E-state index in [9.17, 15) is 22.4 Å². The number of aromatic nitrogens is 3. The van der Waals surface area contributed by atoms with Gasteiger partial charge in [0, 0.05) is 35.3 Å². The molecule has 3 N–H and O–H groups in total. The summed E-state index contributed by atoms with van der Waals surface area (Å²) in [6, 6.07) is 11.6. The van der Waals surface area contributed by atoms with Crippen LogP contribution in [0.3, 0.4) is 0 Å². The van der Waals surface area contributed by atoms with Gasteiger partial charge >= 0.3 is 6.18 Å². The summed E-state index contributed by atoms with van der Waals surface area (Å²) >= 11 is 0. The Morgan fingerprint density at radius 3 is 2.52 bits per heavy atom. The zero-order chi connectivity index (χ0) is 29.1. The first-order valence-electron chi connectivity index (χ1n) is 11.5. The first kappa shape index (κ1) is 29.4. The van der Waals surface area contributed by atoms with Crippen LogP contribution in [-0.2, 0) is 4.74 Å². The van der Waals surface area contributed by atoms with Crippen LogP contribution in [0.1, 0.15) is 17.3 Å². The lowest BCUT2D eigenvalue weighted by Crippen LogP contribution is -2.22. The number of halogens is 4. The van der Waals surface area contributed by atoms with Crippen molar-refractivity contribution in [2.45, 2.75) is 13.1 Å². The Bertz CT molecular complexity index is 1480. The zero-order valence-corrected chi connectivity index (χ0v) is 21.2. The molecular weight excluding hydrogens is 530 g/mol. The van der Waals surface area contributed by atoms with Crippen molar-refractivity contribution < 1.29 is 27.1 Å². The Labute approximate surface area is 226 Å². The van der Waals surface area contributed by atoms with E-state index in [-0.39, 0.29) is 28.8 Å². The molecule has 0 aliphatic rings. The summed E-state index contributed by atoms with van der Waals surface area (Å²) in [5, 5.41) is 9.90. The fourth-order valence-electron chi connectivity index (χ4n) is 3.07. The summed E-state index contributed by atoms with van der Waals surface area (Å²) in [5.74, 6) is -1.31. The third-order valence-corrected chi connectivity index (χ3v) is 4.90. The number of pyridine rings is 1. The number of benzene rings is 1. The zero-order valence-electron chi connectivity index (χ0n) is 21.2. The number of rotatable bonds is 9. The number of allylic oxidation sites excluding steroid dienone is 4. The minimum atomic E-state index is -4.84. The molecule has 0 aliphatic carbocycles. The topological polar surface area (TPSA) is 128 Å². The fraction of sp³-hybridized carbons (Fsp3) is 0.111. The molecule has 1 amide bonds. The van der Waals surface area contributed by atoms with Crippen LogP contribution in [-0.4, -0.2) is 46.3 Å². The van der Waals surface area contributed by atoms with Crippen molar-refractivity contribution in [2.24, 2.45) is 15.7 Å². The Morgan fingerprint density at radius 1 is 1.10 bits per heavy atom. The molecule has 0 fully saturated rings. The molecule has 2 aromatic heterocycles. The third-order valence-electron chi connectivity index (χ3n) is 4.90. The van der Waals surface area contributed by atoms with Crippen molar-refractivity contribution in [1.82, 2.24) is 15.2 Å². The highest BCUT2D eigenvalue weighted by Gasteiger charge is 2.34. The first-order chi connectivity index (χ1) is 19.1. The van der Waals surface area contributed by atoms with Gasteiger partial charge in [-0.15, -0.1) is 10.2 Å².